The molecule has 1 heterocycles. The molecule has 1 N–H and O–H groups in total. The van der Waals surface area contributed by atoms with Crippen LogP contribution in [0.15, 0.2) is 64.3 Å². The third-order valence-corrected chi connectivity index (χ3v) is 6.75. The number of nitrogens with one attached hydrogen (secondary N) is 1. The van der Waals surface area contributed by atoms with Gasteiger partial charge in [-0.2, -0.15) is 5.26 Å². The average molecular weight is 492 g/mol. The van der Waals surface area contributed by atoms with Gasteiger partial charge in [0.15, 0.2) is 11.6 Å². The van der Waals surface area contributed by atoms with E-state index in [1.807, 2.05) is 6.07 Å². The molecule has 2 aromatic carbocycles. The van der Waals surface area contributed by atoms with Crippen LogP contribution in [-0.2, 0) is 4.79 Å². The number of benzene rings is 2. The summed E-state index contributed by atoms with van der Waals surface area (Å²) in [5, 5.41) is 14.8. The SMILES string of the molecule is CC(=O)C1=C(C)NC(SCC(=O)c2cc(Cl)ccc2Cl)=C(C#N)C1c1ccccc1Cl. The predicted octanol–water partition coefficient (Wildman–Crippen LogP) is 6.55. The van der Waals surface area contributed by atoms with Gasteiger partial charge in [0.05, 0.1) is 33.4 Å². The van der Waals surface area contributed by atoms with Crippen LogP contribution in [0.4, 0.5) is 0 Å². The first-order valence-corrected chi connectivity index (χ1v) is 11.3. The van der Waals surface area contributed by atoms with Gasteiger partial charge in [0, 0.05) is 26.9 Å². The minimum Gasteiger partial charge on any atom is -0.353 e. The lowest BCUT2D eigenvalue weighted by Crippen LogP contribution is -2.27. The number of nitrogens with zero attached hydrogens (tertiary/aromatic N) is 1. The molecule has 0 aromatic heterocycles. The van der Waals surface area contributed by atoms with E-state index < -0.39 is 5.92 Å². The molecule has 0 saturated carbocycles. The second kappa shape index (κ2) is 9.93. The molecular weight excluding hydrogens is 475 g/mol. The molecule has 4 nitrogen and oxygen atoms in total. The zero-order valence-corrected chi connectivity index (χ0v) is 19.7. The molecule has 31 heavy (non-hydrogen) atoms. The number of carbonyl (C=O) groups is 2. The maximum absolute atomic E-state index is 12.7. The zero-order chi connectivity index (χ0) is 22.7. The molecule has 0 bridgehead atoms. The van der Waals surface area contributed by atoms with E-state index in [0.29, 0.717) is 48.1 Å². The summed E-state index contributed by atoms with van der Waals surface area (Å²) in [4.78, 5) is 25.2. The van der Waals surface area contributed by atoms with E-state index >= 15 is 0 Å². The quantitative estimate of drug-likeness (QED) is 0.464. The molecule has 0 radical (unpaired) electrons. The van der Waals surface area contributed by atoms with Crippen molar-refractivity contribution in [1.82, 2.24) is 5.32 Å². The number of ketones is 2. The number of nitriles is 1. The number of Topliss-reactive ketones (excluding diaryl/α,β-unsaturated/α-hetero) is 2. The fraction of sp³-hybridized carbons (Fsp3) is 0.174. The summed E-state index contributed by atoms with van der Waals surface area (Å²) in [5.41, 5.74) is 2.40. The van der Waals surface area contributed by atoms with Crippen LogP contribution in [0.1, 0.15) is 35.7 Å². The first-order chi connectivity index (χ1) is 14.7. The van der Waals surface area contributed by atoms with Crippen molar-refractivity contribution in [3.8, 4) is 6.07 Å². The Bertz CT molecular complexity index is 1180. The smallest absolute Gasteiger partial charge is 0.174 e. The summed E-state index contributed by atoms with van der Waals surface area (Å²) >= 11 is 19.7. The van der Waals surface area contributed by atoms with Crippen LogP contribution in [0.5, 0.6) is 0 Å². The van der Waals surface area contributed by atoms with E-state index in [-0.39, 0.29) is 17.3 Å². The molecule has 0 aliphatic carbocycles. The van der Waals surface area contributed by atoms with Gasteiger partial charge >= 0.3 is 0 Å². The molecule has 0 saturated heterocycles. The van der Waals surface area contributed by atoms with Crippen LogP contribution in [-0.4, -0.2) is 17.3 Å². The van der Waals surface area contributed by atoms with Gasteiger partial charge in [-0.25, -0.2) is 0 Å². The summed E-state index contributed by atoms with van der Waals surface area (Å²) < 4.78 is 0. The van der Waals surface area contributed by atoms with Gasteiger partial charge < -0.3 is 5.32 Å². The molecule has 1 atom stereocenters. The minimum absolute atomic E-state index is 0.0332. The summed E-state index contributed by atoms with van der Waals surface area (Å²) in [6.07, 6.45) is 0. The monoisotopic (exact) mass is 490 g/mol. The summed E-state index contributed by atoms with van der Waals surface area (Å²) in [6, 6.07) is 14.0. The third-order valence-electron chi connectivity index (χ3n) is 4.82. The normalized spacial score (nSPS) is 16.1. The van der Waals surface area contributed by atoms with Gasteiger partial charge in [0.2, 0.25) is 0 Å². The Hall–Kier alpha value is -2.23. The van der Waals surface area contributed by atoms with Gasteiger partial charge in [-0.15, -0.1) is 0 Å². The van der Waals surface area contributed by atoms with E-state index in [1.54, 1.807) is 37.3 Å². The van der Waals surface area contributed by atoms with Crippen molar-refractivity contribution in [2.45, 2.75) is 19.8 Å². The second-order valence-corrected chi connectivity index (χ2v) is 9.10. The van der Waals surface area contributed by atoms with Crippen molar-refractivity contribution in [3.05, 3.63) is 90.5 Å². The van der Waals surface area contributed by atoms with Crippen LogP contribution >= 0.6 is 46.6 Å². The maximum atomic E-state index is 12.7. The summed E-state index contributed by atoms with van der Waals surface area (Å²) in [5.74, 6) is -0.971. The lowest BCUT2D eigenvalue weighted by atomic mass is 9.81. The highest BCUT2D eigenvalue weighted by atomic mass is 35.5. The van der Waals surface area contributed by atoms with Crippen LogP contribution in [0.3, 0.4) is 0 Å². The van der Waals surface area contributed by atoms with E-state index in [0.717, 1.165) is 0 Å². The molecule has 2 aromatic rings. The summed E-state index contributed by atoms with van der Waals surface area (Å²) in [6.45, 7) is 3.23. The number of hydrogen-bond donors (Lipinski definition) is 1. The van der Waals surface area contributed by atoms with E-state index in [9.17, 15) is 14.9 Å². The lowest BCUT2D eigenvalue weighted by Gasteiger charge is -2.29. The summed E-state index contributed by atoms with van der Waals surface area (Å²) in [7, 11) is 0. The second-order valence-electron chi connectivity index (χ2n) is 6.87. The minimum atomic E-state index is -0.621. The largest absolute Gasteiger partial charge is 0.353 e. The van der Waals surface area contributed by atoms with Gasteiger partial charge in [-0.1, -0.05) is 64.8 Å². The van der Waals surface area contributed by atoms with Crippen molar-refractivity contribution in [1.29, 1.82) is 5.26 Å². The maximum Gasteiger partial charge on any atom is 0.174 e. The standard InChI is InChI=1S/C23H17Cl3N2O2S/c1-12-21(13(2)29)22(15-5-3-4-6-18(15)25)17(10-27)23(28-12)31-11-20(30)16-9-14(24)7-8-19(16)26/h3-9,22,28H,11H2,1-2H3. The number of carbonyl (C=O) groups excluding carboxylic acids is 2. The number of thioether (sulfide) groups is 1. The molecule has 1 aliphatic heterocycles. The molecule has 3 rings (SSSR count). The number of allylic oxidation sites excluding steroid dienone is 3. The van der Waals surface area contributed by atoms with E-state index in [1.165, 1.54) is 24.8 Å². The van der Waals surface area contributed by atoms with Crippen molar-refractivity contribution in [3.63, 3.8) is 0 Å². The Morgan fingerprint density at radius 3 is 2.48 bits per heavy atom. The first kappa shape index (κ1) is 23.4. The third kappa shape index (κ3) is 4.99. The molecular formula is C23H17Cl3N2O2S. The number of rotatable bonds is 6. The lowest BCUT2D eigenvalue weighted by molar-refractivity contribution is -0.113. The van der Waals surface area contributed by atoms with Crippen molar-refractivity contribution in [2.75, 3.05) is 5.75 Å². The predicted molar refractivity (Wildman–Crippen MR) is 127 cm³/mol. The Balaban J connectivity index is 1.99. The van der Waals surface area contributed by atoms with E-state index in [4.69, 9.17) is 34.8 Å². The van der Waals surface area contributed by atoms with Crippen molar-refractivity contribution >= 4 is 58.1 Å². The topological polar surface area (TPSA) is 70.0 Å². The van der Waals surface area contributed by atoms with E-state index in [2.05, 4.69) is 11.4 Å². The fourth-order valence-corrected chi connectivity index (χ4v) is 5.06. The van der Waals surface area contributed by atoms with Gasteiger partial charge in [0.25, 0.3) is 0 Å². The van der Waals surface area contributed by atoms with Gasteiger partial charge in [-0.3, -0.25) is 9.59 Å². The van der Waals surface area contributed by atoms with Gasteiger partial charge in [-0.05, 0) is 43.7 Å². The fourth-order valence-electron chi connectivity index (χ4n) is 3.44. The Kier molecular flexibility index (Phi) is 7.51. The Labute approximate surface area is 199 Å². The van der Waals surface area contributed by atoms with Crippen LogP contribution in [0.25, 0.3) is 0 Å². The molecule has 1 aliphatic rings. The average Bonchev–Trinajstić information content (AvgIpc) is 2.73. The Morgan fingerprint density at radius 1 is 1.13 bits per heavy atom. The van der Waals surface area contributed by atoms with Crippen molar-refractivity contribution in [2.24, 2.45) is 0 Å². The highest BCUT2D eigenvalue weighted by molar-refractivity contribution is 8.03. The zero-order valence-electron chi connectivity index (χ0n) is 16.6. The Morgan fingerprint density at radius 2 is 1.84 bits per heavy atom. The van der Waals surface area contributed by atoms with Crippen LogP contribution in [0.2, 0.25) is 15.1 Å². The van der Waals surface area contributed by atoms with Crippen LogP contribution in [0, 0.1) is 11.3 Å². The molecule has 1 unspecified atom stereocenters. The number of halogens is 3. The van der Waals surface area contributed by atoms with Crippen LogP contribution < -0.4 is 5.32 Å². The molecule has 0 spiro atoms. The van der Waals surface area contributed by atoms with Gasteiger partial charge in [0.1, 0.15) is 0 Å². The highest BCUT2D eigenvalue weighted by Crippen LogP contribution is 2.43. The molecule has 0 fully saturated rings. The first-order valence-electron chi connectivity index (χ1n) is 9.23. The molecule has 0 amide bonds. The van der Waals surface area contributed by atoms with Crippen molar-refractivity contribution < 1.29 is 9.59 Å². The molecule has 8 heteroatoms. The number of dihydropyridines is 1. The number of hydrogen-bond acceptors (Lipinski definition) is 5. The highest BCUT2D eigenvalue weighted by Gasteiger charge is 2.34. The molecule has 158 valence electrons.